The summed E-state index contributed by atoms with van der Waals surface area (Å²) in [6, 6.07) is 8.52. The average Bonchev–Trinajstić information content (AvgIpc) is 3.04. The van der Waals surface area contributed by atoms with Crippen molar-refractivity contribution in [2.75, 3.05) is 13.1 Å². The van der Waals surface area contributed by atoms with Crippen molar-refractivity contribution in [3.8, 4) is 11.3 Å². The number of benzene rings is 1. The Morgan fingerprint density at radius 1 is 1.14 bits per heavy atom. The lowest BCUT2D eigenvalue weighted by Gasteiger charge is -2.27. The lowest BCUT2D eigenvalue weighted by Crippen LogP contribution is -2.35. The van der Waals surface area contributed by atoms with E-state index in [0.717, 1.165) is 31.5 Å². The number of rotatable bonds is 3. The van der Waals surface area contributed by atoms with Crippen molar-refractivity contribution in [3.05, 3.63) is 46.7 Å². The third-order valence-corrected chi connectivity index (χ3v) is 4.18. The fourth-order valence-corrected chi connectivity index (χ4v) is 2.94. The first-order valence-corrected chi connectivity index (χ1v) is 7.71. The van der Waals surface area contributed by atoms with E-state index in [1.54, 1.807) is 30.3 Å². The Hall–Kier alpha value is -2.07. The molecule has 2 heterocycles. The minimum atomic E-state index is -0.0238. The van der Waals surface area contributed by atoms with E-state index in [-0.39, 0.29) is 11.7 Å². The van der Waals surface area contributed by atoms with E-state index in [2.05, 4.69) is 0 Å². The molecule has 0 N–H and O–H groups in total. The fourth-order valence-electron chi connectivity index (χ4n) is 2.68. The number of aldehydes is 1. The first kappa shape index (κ1) is 14.9. The molecule has 4 nitrogen and oxygen atoms in total. The lowest BCUT2D eigenvalue weighted by molar-refractivity contribution is 0.0724. The number of hydrogen-bond acceptors (Lipinski definition) is 3. The van der Waals surface area contributed by atoms with Crippen LogP contribution >= 0.6 is 11.6 Å². The van der Waals surface area contributed by atoms with Crippen molar-refractivity contribution >= 4 is 23.8 Å². The Morgan fingerprint density at radius 3 is 2.55 bits per heavy atom. The summed E-state index contributed by atoms with van der Waals surface area (Å²) in [5.41, 5.74) is 1.25. The minimum absolute atomic E-state index is 0.0238. The molecule has 0 atom stereocenters. The average molecular weight is 318 g/mol. The van der Waals surface area contributed by atoms with Gasteiger partial charge in [0.1, 0.15) is 5.76 Å². The van der Waals surface area contributed by atoms with E-state index in [4.69, 9.17) is 16.0 Å². The smallest absolute Gasteiger partial charge is 0.255 e. The van der Waals surface area contributed by atoms with E-state index in [9.17, 15) is 9.59 Å². The van der Waals surface area contributed by atoms with Crippen LogP contribution in [0, 0.1) is 0 Å². The van der Waals surface area contributed by atoms with Gasteiger partial charge in [-0.3, -0.25) is 9.59 Å². The van der Waals surface area contributed by atoms with Crippen LogP contribution in [0.4, 0.5) is 0 Å². The Bertz CT molecular complexity index is 702. The van der Waals surface area contributed by atoms with Gasteiger partial charge in [0, 0.05) is 18.7 Å². The number of halogens is 1. The molecule has 1 aliphatic rings. The number of piperidine rings is 1. The molecule has 5 heteroatoms. The number of carbonyl (C=O) groups excluding carboxylic acids is 2. The van der Waals surface area contributed by atoms with E-state index < -0.39 is 0 Å². The Labute approximate surface area is 133 Å². The normalized spacial score (nSPS) is 14.9. The number of hydrogen-bond donors (Lipinski definition) is 0. The summed E-state index contributed by atoms with van der Waals surface area (Å²) in [5.74, 6) is 0.796. The summed E-state index contributed by atoms with van der Waals surface area (Å²) in [6.45, 7) is 1.58. The van der Waals surface area contributed by atoms with Gasteiger partial charge in [0.2, 0.25) is 0 Å². The van der Waals surface area contributed by atoms with Gasteiger partial charge in [-0.2, -0.15) is 0 Å². The van der Waals surface area contributed by atoms with E-state index in [1.807, 2.05) is 4.90 Å². The standard InChI is InChI=1S/C17H16ClNO3/c18-15-10-12(16-7-5-13(11-20)22-16)4-6-14(15)17(21)19-8-2-1-3-9-19/h4-7,10-11H,1-3,8-9H2. The maximum Gasteiger partial charge on any atom is 0.255 e. The van der Waals surface area contributed by atoms with Gasteiger partial charge >= 0.3 is 0 Å². The molecule has 1 aromatic carbocycles. The van der Waals surface area contributed by atoms with Crippen LogP contribution in [0.15, 0.2) is 34.7 Å². The van der Waals surface area contributed by atoms with Crippen molar-refractivity contribution in [2.24, 2.45) is 0 Å². The molecule has 0 saturated carbocycles. The molecule has 0 radical (unpaired) electrons. The number of nitrogens with zero attached hydrogens (tertiary/aromatic N) is 1. The van der Waals surface area contributed by atoms with Crippen LogP contribution in [0.3, 0.4) is 0 Å². The van der Waals surface area contributed by atoms with Gasteiger partial charge in [0.25, 0.3) is 5.91 Å². The number of amides is 1. The molecule has 3 rings (SSSR count). The SMILES string of the molecule is O=Cc1ccc(-c2ccc(C(=O)N3CCCCC3)c(Cl)c2)o1. The largest absolute Gasteiger partial charge is 0.453 e. The van der Waals surface area contributed by atoms with Gasteiger partial charge in [-0.15, -0.1) is 0 Å². The predicted octanol–water partition coefficient (Wildman–Crippen LogP) is 4.04. The molecule has 0 aliphatic carbocycles. The molecular formula is C17H16ClNO3. The molecule has 2 aromatic rings. The van der Waals surface area contributed by atoms with Crippen molar-refractivity contribution in [3.63, 3.8) is 0 Å². The molecule has 1 saturated heterocycles. The van der Waals surface area contributed by atoms with Crippen LogP contribution in [-0.4, -0.2) is 30.2 Å². The molecule has 1 fully saturated rings. The minimum Gasteiger partial charge on any atom is -0.453 e. The molecule has 0 unspecified atom stereocenters. The summed E-state index contributed by atoms with van der Waals surface area (Å²) >= 11 is 6.28. The summed E-state index contributed by atoms with van der Waals surface area (Å²) in [7, 11) is 0. The van der Waals surface area contributed by atoms with Crippen LogP contribution in [-0.2, 0) is 0 Å². The first-order chi connectivity index (χ1) is 10.7. The van der Waals surface area contributed by atoms with Crippen LogP contribution < -0.4 is 0 Å². The second-order valence-electron chi connectivity index (χ2n) is 5.37. The van der Waals surface area contributed by atoms with E-state index in [0.29, 0.717) is 22.6 Å². The van der Waals surface area contributed by atoms with Gasteiger partial charge in [-0.1, -0.05) is 17.7 Å². The summed E-state index contributed by atoms with van der Waals surface area (Å²) in [6.07, 6.45) is 3.91. The van der Waals surface area contributed by atoms with E-state index in [1.165, 1.54) is 6.42 Å². The first-order valence-electron chi connectivity index (χ1n) is 7.33. The van der Waals surface area contributed by atoms with Crippen LogP contribution in [0.2, 0.25) is 5.02 Å². The van der Waals surface area contributed by atoms with Gasteiger partial charge in [0.05, 0.1) is 10.6 Å². The monoisotopic (exact) mass is 317 g/mol. The molecule has 1 amide bonds. The van der Waals surface area contributed by atoms with Gasteiger partial charge in [0.15, 0.2) is 12.0 Å². The van der Waals surface area contributed by atoms with Crippen LogP contribution in [0.25, 0.3) is 11.3 Å². The highest BCUT2D eigenvalue weighted by Crippen LogP contribution is 2.28. The highest BCUT2D eigenvalue weighted by Gasteiger charge is 2.20. The number of furan rings is 1. The maximum atomic E-state index is 12.5. The Morgan fingerprint density at radius 2 is 1.91 bits per heavy atom. The fraction of sp³-hybridized carbons (Fsp3) is 0.294. The zero-order valence-electron chi connectivity index (χ0n) is 12.0. The lowest BCUT2D eigenvalue weighted by atomic mass is 10.1. The number of carbonyl (C=O) groups is 2. The van der Waals surface area contributed by atoms with Gasteiger partial charge in [-0.25, -0.2) is 0 Å². The van der Waals surface area contributed by atoms with Crippen molar-refractivity contribution in [2.45, 2.75) is 19.3 Å². The zero-order chi connectivity index (χ0) is 15.5. The predicted molar refractivity (Wildman–Crippen MR) is 84.3 cm³/mol. The third kappa shape index (κ3) is 2.92. The van der Waals surface area contributed by atoms with Crippen molar-refractivity contribution < 1.29 is 14.0 Å². The van der Waals surface area contributed by atoms with Crippen molar-refractivity contribution in [1.29, 1.82) is 0 Å². The van der Waals surface area contributed by atoms with Gasteiger partial charge in [-0.05, 0) is 43.5 Å². The highest BCUT2D eigenvalue weighted by molar-refractivity contribution is 6.34. The summed E-state index contributed by atoms with van der Waals surface area (Å²) < 4.78 is 5.37. The van der Waals surface area contributed by atoms with E-state index >= 15 is 0 Å². The molecule has 0 bridgehead atoms. The quantitative estimate of drug-likeness (QED) is 0.803. The Kier molecular flexibility index (Phi) is 4.29. The topological polar surface area (TPSA) is 50.5 Å². The molecule has 22 heavy (non-hydrogen) atoms. The molecule has 1 aromatic heterocycles. The van der Waals surface area contributed by atoms with Crippen LogP contribution in [0.5, 0.6) is 0 Å². The highest BCUT2D eigenvalue weighted by atomic mass is 35.5. The van der Waals surface area contributed by atoms with Crippen molar-refractivity contribution in [1.82, 2.24) is 4.90 Å². The third-order valence-electron chi connectivity index (χ3n) is 3.87. The van der Waals surface area contributed by atoms with Crippen LogP contribution in [0.1, 0.15) is 40.2 Å². The Balaban J connectivity index is 1.85. The summed E-state index contributed by atoms with van der Waals surface area (Å²) in [4.78, 5) is 25.0. The zero-order valence-corrected chi connectivity index (χ0v) is 12.8. The maximum absolute atomic E-state index is 12.5. The second-order valence-corrected chi connectivity index (χ2v) is 5.77. The molecule has 114 valence electrons. The number of likely N-dealkylation sites (tertiary alicyclic amines) is 1. The molecule has 0 spiro atoms. The summed E-state index contributed by atoms with van der Waals surface area (Å²) in [5, 5.41) is 0.400. The molecule has 1 aliphatic heterocycles. The van der Waals surface area contributed by atoms with Gasteiger partial charge < -0.3 is 9.32 Å². The second kappa shape index (κ2) is 6.36. The molecular weight excluding hydrogens is 302 g/mol.